The predicted molar refractivity (Wildman–Crippen MR) is 47.2 cm³/mol. The second kappa shape index (κ2) is 4.25. The molecule has 0 aliphatic heterocycles. The summed E-state index contributed by atoms with van der Waals surface area (Å²) in [5.74, 6) is -0.696. The van der Waals surface area contributed by atoms with E-state index >= 15 is 0 Å². The molecule has 4 nitrogen and oxygen atoms in total. The average Bonchev–Trinajstić information content (AvgIpc) is 2.86. The van der Waals surface area contributed by atoms with Gasteiger partial charge in [0.25, 0.3) is 0 Å². The molecule has 1 aliphatic carbocycles. The van der Waals surface area contributed by atoms with E-state index in [1.807, 2.05) is 0 Å². The molecule has 0 bridgehead atoms. The lowest BCUT2D eigenvalue weighted by molar-refractivity contribution is -0.142. The molecule has 1 amide bonds. The third-order valence-corrected chi connectivity index (χ3v) is 2.27. The lowest BCUT2D eigenvalue weighted by atomic mass is 10.2. The van der Waals surface area contributed by atoms with E-state index in [9.17, 15) is 9.59 Å². The number of carboxylic acids is 1. The maximum absolute atomic E-state index is 10.6. The highest BCUT2D eigenvalue weighted by Gasteiger charge is 2.25. The summed E-state index contributed by atoms with van der Waals surface area (Å²) in [5.41, 5.74) is 0. The van der Waals surface area contributed by atoms with Crippen LogP contribution in [0.1, 0.15) is 19.8 Å². The van der Waals surface area contributed by atoms with Crippen LogP contribution in [0.2, 0.25) is 0 Å². The number of hydrogen-bond donors (Lipinski definition) is 1. The van der Waals surface area contributed by atoms with Gasteiger partial charge in [-0.25, -0.2) is 0 Å². The van der Waals surface area contributed by atoms with Crippen LogP contribution in [0.15, 0.2) is 0 Å². The van der Waals surface area contributed by atoms with E-state index in [1.54, 1.807) is 11.8 Å². The van der Waals surface area contributed by atoms with Gasteiger partial charge < -0.3 is 10.0 Å². The fourth-order valence-electron chi connectivity index (χ4n) is 1.22. The molecule has 4 heteroatoms. The molecular formula is C9H15NO3. The number of hydrogen-bond acceptors (Lipinski definition) is 2. The fraction of sp³-hybridized carbons (Fsp3) is 0.778. The molecule has 0 aromatic heterocycles. The standard InChI is InChI=1S/C9H15NO3/c1-7(9(12)13)4-10(6-11)5-8-2-3-8/h6-8H,2-5H2,1H3,(H,12,13). The fourth-order valence-corrected chi connectivity index (χ4v) is 1.22. The van der Waals surface area contributed by atoms with Crippen molar-refractivity contribution in [1.29, 1.82) is 0 Å². The first kappa shape index (κ1) is 10.0. The van der Waals surface area contributed by atoms with Gasteiger partial charge in [0.05, 0.1) is 5.92 Å². The summed E-state index contributed by atoms with van der Waals surface area (Å²) in [4.78, 5) is 22.6. The number of amides is 1. The predicted octanol–water partition coefficient (Wildman–Crippen LogP) is 0.575. The monoisotopic (exact) mass is 185 g/mol. The Morgan fingerprint density at radius 1 is 1.69 bits per heavy atom. The number of nitrogens with zero attached hydrogens (tertiary/aromatic N) is 1. The molecule has 13 heavy (non-hydrogen) atoms. The maximum Gasteiger partial charge on any atom is 0.308 e. The van der Waals surface area contributed by atoms with Gasteiger partial charge in [-0.15, -0.1) is 0 Å². The zero-order valence-corrected chi connectivity index (χ0v) is 7.77. The highest BCUT2D eigenvalue weighted by Crippen LogP contribution is 2.29. The zero-order valence-electron chi connectivity index (χ0n) is 7.77. The highest BCUT2D eigenvalue weighted by atomic mass is 16.4. The molecule has 0 heterocycles. The van der Waals surface area contributed by atoms with Crippen molar-refractivity contribution in [2.75, 3.05) is 13.1 Å². The van der Waals surface area contributed by atoms with Gasteiger partial charge in [-0.05, 0) is 18.8 Å². The van der Waals surface area contributed by atoms with Crippen molar-refractivity contribution in [1.82, 2.24) is 4.90 Å². The van der Waals surface area contributed by atoms with Crippen LogP contribution in [0.5, 0.6) is 0 Å². The molecule has 1 unspecified atom stereocenters. The van der Waals surface area contributed by atoms with Crippen molar-refractivity contribution in [2.24, 2.45) is 11.8 Å². The first-order chi connectivity index (χ1) is 6.13. The molecule has 1 N–H and O–H groups in total. The quantitative estimate of drug-likeness (QED) is 0.616. The Labute approximate surface area is 77.5 Å². The number of rotatable bonds is 6. The third-order valence-electron chi connectivity index (χ3n) is 2.27. The van der Waals surface area contributed by atoms with Crippen molar-refractivity contribution in [3.63, 3.8) is 0 Å². The van der Waals surface area contributed by atoms with Crippen LogP contribution < -0.4 is 0 Å². The van der Waals surface area contributed by atoms with Crippen LogP contribution in [-0.2, 0) is 9.59 Å². The molecular weight excluding hydrogens is 170 g/mol. The van der Waals surface area contributed by atoms with Gasteiger partial charge in [0, 0.05) is 13.1 Å². The molecule has 1 atom stereocenters. The van der Waals surface area contributed by atoms with Gasteiger partial charge in [0.15, 0.2) is 0 Å². The lowest BCUT2D eigenvalue weighted by Crippen LogP contribution is -2.32. The molecule has 1 rings (SSSR count). The Bertz CT molecular complexity index is 201. The zero-order chi connectivity index (χ0) is 9.84. The molecule has 1 saturated carbocycles. The highest BCUT2D eigenvalue weighted by molar-refractivity contribution is 5.70. The first-order valence-electron chi connectivity index (χ1n) is 4.55. The van der Waals surface area contributed by atoms with E-state index in [-0.39, 0.29) is 0 Å². The van der Waals surface area contributed by atoms with Gasteiger partial charge in [-0.2, -0.15) is 0 Å². The van der Waals surface area contributed by atoms with E-state index < -0.39 is 11.9 Å². The minimum atomic E-state index is -0.845. The second-order valence-electron chi connectivity index (χ2n) is 3.74. The minimum Gasteiger partial charge on any atom is -0.481 e. The molecule has 0 aromatic rings. The van der Waals surface area contributed by atoms with Crippen LogP contribution in [0.4, 0.5) is 0 Å². The molecule has 0 saturated heterocycles. The normalized spacial score (nSPS) is 17.9. The molecule has 1 fully saturated rings. The Morgan fingerprint density at radius 2 is 2.31 bits per heavy atom. The van der Waals surface area contributed by atoms with Crippen LogP contribution in [0.25, 0.3) is 0 Å². The summed E-state index contributed by atoms with van der Waals surface area (Å²) in [7, 11) is 0. The molecule has 0 radical (unpaired) electrons. The average molecular weight is 185 g/mol. The number of carbonyl (C=O) groups excluding carboxylic acids is 1. The molecule has 0 spiro atoms. The van der Waals surface area contributed by atoms with E-state index in [0.717, 1.165) is 13.0 Å². The summed E-state index contributed by atoms with van der Waals surface area (Å²) in [6.07, 6.45) is 3.09. The topological polar surface area (TPSA) is 57.6 Å². The molecule has 0 aromatic carbocycles. The van der Waals surface area contributed by atoms with Crippen molar-refractivity contribution in [2.45, 2.75) is 19.8 Å². The van der Waals surface area contributed by atoms with Crippen LogP contribution in [0, 0.1) is 11.8 Å². The third kappa shape index (κ3) is 3.44. The van der Waals surface area contributed by atoms with Gasteiger partial charge in [-0.1, -0.05) is 6.92 Å². The molecule has 74 valence electrons. The van der Waals surface area contributed by atoms with Crippen molar-refractivity contribution < 1.29 is 14.7 Å². The molecule has 1 aliphatic rings. The maximum atomic E-state index is 10.6. The summed E-state index contributed by atoms with van der Waals surface area (Å²) < 4.78 is 0. The second-order valence-corrected chi connectivity index (χ2v) is 3.74. The summed E-state index contributed by atoms with van der Waals surface area (Å²) >= 11 is 0. The Balaban J connectivity index is 2.28. The Hall–Kier alpha value is -1.06. The van der Waals surface area contributed by atoms with Gasteiger partial charge in [0.1, 0.15) is 0 Å². The van der Waals surface area contributed by atoms with Gasteiger partial charge >= 0.3 is 5.97 Å². The van der Waals surface area contributed by atoms with Gasteiger partial charge in [0.2, 0.25) is 6.41 Å². The van der Waals surface area contributed by atoms with Crippen LogP contribution in [-0.4, -0.2) is 35.5 Å². The van der Waals surface area contributed by atoms with E-state index in [1.165, 1.54) is 12.8 Å². The van der Waals surface area contributed by atoms with E-state index in [4.69, 9.17) is 5.11 Å². The van der Waals surface area contributed by atoms with E-state index in [2.05, 4.69) is 0 Å². The summed E-state index contributed by atoms with van der Waals surface area (Å²) in [6.45, 7) is 2.67. The number of carbonyl (C=O) groups is 2. The van der Waals surface area contributed by atoms with Crippen LogP contribution >= 0.6 is 0 Å². The summed E-state index contributed by atoms with van der Waals surface area (Å²) in [5, 5.41) is 8.63. The smallest absolute Gasteiger partial charge is 0.308 e. The Morgan fingerprint density at radius 3 is 2.69 bits per heavy atom. The number of aliphatic carboxylic acids is 1. The first-order valence-corrected chi connectivity index (χ1v) is 4.55. The van der Waals surface area contributed by atoms with Crippen molar-refractivity contribution in [3.05, 3.63) is 0 Å². The van der Waals surface area contributed by atoms with Gasteiger partial charge in [-0.3, -0.25) is 9.59 Å². The minimum absolute atomic E-state index is 0.329. The SMILES string of the molecule is CC(CN(C=O)CC1CC1)C(=O)O. The van der Waals surface area contributed by atoms with E-state index in [0.29, 0.717) is 12.5 Å². The largest absolute Gasteiger partial charge is 0.481 e. The summed E-state index contributed by atoms with van der Waals surface area (Å²) in [6, 6.07) is 0. The van der Waals surface area contributed by atoms with Crippen LogP contribution in [0.3, 0.4) is 0 Å². The van der Waals surface area contributed by atoms with Crippen molar-refractivity contribution >= 4 is 12.4 Å². The number of carboxylic acid groups (broad SMARTS) is 1. The lowest BCUT2D eigenvalue weighted by Gasteiger charge is -2.18. The van der Waals surface area contributed by atoms with Crippen molar-refractivity contribution in [3.8, 4) is 0 Å². The Kier molecular flexibility index (Phi) is 3.28.